The lowest BCUT2D eigenvalue weighted by molar-refractivity contribution is 0.0795. The molecule has 0 unspecified atom stereocenters. The summed E-state index contributed by atoms with van der Waals surface area (Å²) in [5.41, 5.74) is 2.07. The smallest absolute Gasteiger partial charge is 0.274 e. The highest BCUT2D eigenvalue weighted by atomic mass is 19.1. The number of hydrogen-bond acceptors (Lipinski definition) is 5. The average Bonchev–Trinajstić information content (AvgIpc) is 3.38. The lowest BCUT2D eigenvalue weighted by Crippen LogP contribution is -2.29. The molecule has 0 aliphatic carbocycles. The topological polar surface area (TPSA) is 84.2 Å². The Labute approximate surface area is 166 Å². The van der Waals surface area contributed by atoms with Gasteiger partial charge in [-0.05, 0) is 48.5 Å². The first kappa shape index (κ1) is 18.7. The number of benzene rings is 2. The molecule has 0 bridgehead atoms. The number of H-pyrrole nitrogens is 1. The molecule has 7 nitrogen and oxygen atoms in total. The van der Waals surface area contributed by atoms with Gasteiger partial charge in [-0.2, -0.15) is 4.98 Å². The van der Waals surface area contributed by atoms with E-state index in [4.69, 9.17) is 9.26 Å². The van der Waals surface area contributed by atoms with Gasteiger partial charge in [-0.1, -0.05) is 5.16 Å². The molecule has 2 heterocycles. The molecule has 2 aromatic carbocycles. The second-order valence-corrected chi connectivity index (χ2v) is 6.64. The van der Waals surface area contributed by atoms with Crippen molar-refractivity contribution in [1.82, 2.24) is 20.0 Å². The Balaban J connectivity index is 1.42. The Kier molecular flexibility index (Phi) is 4.99. The number of methoxy groups -OCH3 is 1. The first-order valence-electron chi connectivity index (χ1n) is 9.04. The molecular formula is C21H19FN4O3. The van der Waals surface area contributed by atoms with E-state index in [1.807, 2.05) is 24.3 Å². The summed E-state index contributed by atoms with van der Waals surface area (Å²) in [4.78, 5) is 21.6. The monoisotopic (exact) mass is 394 g/mol. The van der Waals surface area contributed by atoms with Crippen molar-refractivity contribution < 1.29 is 18.4 Å². The van der Waals surface area contributed by atoms with Gasteiger partial charge in [0.05, 0.1) is 7.11 Å². The van der Waals surface area contributed by atoms with Crippen LogP contribution in [0.15, 0.2) is 53.1 Å². The minimum atomic E-state index is -0.376. The van der Waals surface area contributed by atoms with Gasteiger partial charge < -0.3 is 19.1 Å². The van der Waals surface area contributed by atoms with Crippen LogP contribution < -0.4 is 4.74 Å². The molecule has 0 fully saturated rings. The van der Waals surface area contributed by atoms with Gasteiger partial charge in [-0.15, -0.1) is 0 Å². The second-order valence-electron chi connectivity index (χ2n) is 6.64. The molecule has 0 aliphatic rings. The van der Waals surface area contributed by atoms with Gasteiger partial charge in [0.2, 0.25) is 0 Å². The van der Waals surface area contributed by atoms with E-state index >= 15 is 0 Å². The summed E-state index contributed by atoms with van der Waals surface area (Å²) in [5, 5.41) is 4.97. The predicted molar refractivity (Wildman–Crippen MR) is 105 cm³/mol. The van der Waals surface area contributed by atoms with Crippen LogP contribution in [-0.4, -0.2) is 46.6 Å². The maximum atomic E-state index is 13.0. The Hall–Kier alpha value is -3.68. The molecule has 4 aromatic rings. The highest BCUT2D eigenvalue weighted by Gasteiger charge is 2.15. The van der Waals surface area contributed by atoms with Crippen molar-refractivity contribution in [2.45, 2.75) is 6.42 Å². The number of likely N-dealkylation sites (N-methyl/N-ethyl adjacent to an activating group) is 1. The van der Waals surface area contributed by atoms with Crippen LogP contribution in [0.5, 0.6) is 5.75 Å². The summed E-state index contributed by atoms with van der Waals surface area (Å²) in [7, 11) is 3.30. The zero-order valence-electron chi connectivity index (χ0n) is 16.0. The molecule has 0 saturated carbocycles. The summed E-state index contributed by atoms with van der Waals surface area (Å²) in [5.74, 6) is 1.07. The van der Waals surface area contributed by atoms with E-state index in [1.165, 1.54) is 24.3 Å². The minimum Gasteiger partial charge on any atom is -0.497 e. The normalized spacial score (nSPS) is 11.0. The number of nitrogens with one attached hydrogen (secondary N) is 1. The van der Waals surface area contributed by atoms with Crippen LogP contribution >= 0.6 is 0 Å². The molecule has 1 amide bonds. The Morgan fingerprint density at radius 3 is 2.76 bits per heavy atom. The number of halogens is 1. The highest BCUT2D eigenvalue weighted by molar-refractivity contribution is 5.94. The number of rotatable bonds is 6. The van der Waals surface area contributed by atoms with Gasteiger partial charge in [0.25, 0.3) is 11.8 Å². The number of fused-ring (bicyclic) bond motifs is 1. The third-order valence-corrected chi connectivity index (χ3v) is 4.64. The van der Waals surface area contributed by atoms with Crippen molar-refractivity contribution in [2.75, 3.05) is 20.7 Å². The third kappa shape index (κ3) is 3.96. The third-order valence-electron chi connectivity index (χ3n) is 4.64. The number of amides is 1. The maximum absolute atomic E-state index is 13.0. The number of carbonyl (C=O) groups is 1. The van der Waals surface area contributed by atoms with Crippen LogP contribution in [0.4, 0.5) is 4.39 Å². The lowest BCUT2D eigenvalue weighted by Gasteiger charge is -2.16. The van der Waals surface area contributed by atoms with Gasteiger partial charge in [0.1, 0.15) is 17.3 Å². The number of aromatic nitrogens is 3. The molecule has 148 valence electrons. The highest BCUT2D eigenvalue weighted by Crippen LogP contribution is 2.26. The maximum Gasteiger partial charge on any atom is 0.274 e. The van der Waals surface area contributed by atoms with Gasteiger partial charge >= 0.3 is 0 Å². The van der Waals surface area contributed by atoms with Crippen LogP contribution in [0.1, 0.15) is 16.2 Å². The van der Waals surface area contributed by atoms with Crippen molar-refractivity contribution in [3.05, 3.63) is 65.7 Å². The van der Waals surface area contributed by atoms with E-state index in [2.05, 4.69) is 15.1 Å². The quantitative estimate of drug-likeness (QED) is 0.539. The standard InChI is InChI=1S/C21H19FN4O3/c1-26(21(27)13-3-5-15(22)6-4-13)10-9-19-24-20(29-25-19)18-12-14-11-16(28-2)7-8-17(14)23-18/h3-8,11-12,23H,9-10H2,1-2H3. The van der Waals surface area contributed by atoms with E-state index in [0.29, 0.717) is 35.9 Å². The van der Waals surface area contributed by atoms with Crippen LogP contribution in [0, 0.1) is 5.82 Å². The molecule has 0 aliphatic heterocycles. The van der Waals surface area contributed by atoms with E-state index in [1.54, 1.807) is 19.1 Å². The van der Waals surface area contributed by atoms with Crippen molar-refractivity contribution in [3.63, 3.8) is 0 Å². The molecule has 0 radical (unpaired) electrons. The van der Waals surface area contributed by atoms with Gasteiger partial charge in [0, 0.05) is 36.5 Å². The van der Waals surface area contributed by atoms with Gasteiger partial charge in [0.15, 0.2) is 5.82 Å². The van der Waals surface area contributed by atoms with E-state index in [0.717, 1.165) is 16.7 Å². The van der Waals surface area contributed by atoms with Crippen molar-refractivity contribution in [3.8, 4) is 17.3 Å². The summed E-state index contributed by atoms with van der Waals surface area (Å²) in [6.07, 6.45) is 0.432. The van der Waals surface area contributed by atoms with Gasteiger partial charge in [-0.25, -0.2) is 4.39 Å². The number of ether oxygens (including phenoxy) is 1. The zero-order chi connectivity index (χ0) is 20.4. The lowest BCUT2D eigenvalue weighted by atomic mass is 10.2. The Morgan fingerprint density at radius 2 is 2.00 bits per heavy atom. The molecule has 0 spiro atoms. The van der Waals surface area contributed by atoms with E-state index in [-0.39, 0.29) is 11.7 Å². The fourth-order valence-electron chi connectivity index (χ4n) is 3.00. The molecule has 8 heteroatoms. The number of nitrogens with zero attached hydrogens (tertiary/aromatic N) is 3. The second kappa shape index (κ2) is 7.75. The van der Waals surface area contributed by atoms with Gasteiger partial charge in [-0.3, -0.25) is 4.79 Å². The first-order chi connectivity index (χ1) is 14.0. The van der Waals surface area contributed by atoms with Crippen molar-refractivity contribution in [1.29, 1.82) is 0 Å². The minimum absolute atomic E-state index is 0.196. The molecule has 2 aromatic heterocycles. The van der Waals surface area contributed by atoms with Crippen molar-refractivity contribution >= 4 is 16.8 Å². The Morgan fingerprint density at radius 1 is 1.21 bits per heavy atom. The molecule has 0 atom stereocenters. The molecule has 4 rings (SSSR count). The molecule has 0 saturated heterocycles. The first-order valence-corrected chi connectivity index (χ1v) is 9.04. The molecule has 1 N–H and O–H groups in total. The van der Waals surface area contributed by atoms with E-state index < -0.39 is 0 Å². The summed E-state index contributed by atoms with van der Waals surface area (Å²) in [6, 6.07) is 13.1. The fraction of sp³-hybridized carbons (Fsp3) is 0.190. The molecular weight excluding hydrogens is 375 g/mol. The summed E-state index contributed by atoms with van der Waals surface area (Å²) in [6.45, 7) is 0.402. The van der Waals surface area contributed by atoms with Crippen LogP contribution in [0.2, 0.25) is 0 Å². The van der Waals surface area contributed by atoms with Crippen molar-refractivity contribution in [2.24, 2.45) is 0 Å². The summed E-state index contributed by atoms with van der Waals surface area (Å²) >= 11 is 0. The average molecular weight is 394 g/mol. The fourth-order valence-corrected chi connectivity index (χ4v) is 3.00. The number of carbonyl (C=O) groups excluding carboxylic acids is 1. The zero-order valence-corrected chi connectivity index (χ0v) is 16.0. The van der Waals surface area contributed by atoms with Crippen LogP contribution in [-0.2, 0) is 6.42 Å². The van der Waals surface area contributed by atoms with E-state index in [9.17, 15) is 9.18 Å². The van der Waals surface area contributed by atoms with Crippen LogP contribution in [0.3, 0.4) is 0 Å². The summed E-state index contributed by atoms with van der Waals surface area (Å²) < 4.78 is 23.6. The number of hydrogen-bond donors (Lipinski definition) is 1. The largest absolute Gasteiger partial charge is 0.497 e. The predicted octanol–water partition coefficient (Wildman–Crippen LogP) is 3.68. The van der Waals surface area contributed by atoms with Crippen LogP contribution in [0.25, 0.3) is 22.5 Å². The molecule has 29 heavy (non-hydrogen) atoms. The Bertz CT molecular complexity index is 1150. The number of aromatic amines is 1. The SMILES string of the molecule is COc1ccc2[nH]c(-c3nc(CCN(C)C(=O)c4ccc(F)cc4)no3)cc2c1.